The maximum Gasteiger partial charge on any atom is 0.290 e. The molecule has 2 amide bonds. The van der Waals surface area contributed by atoms with Crippen LogP contribution < -0.4 is 5.32 Å². The molecule has 8 nitrogen and oxygen atoms in total. The summed E-state index contributed by atoms with van der Waals surface area (Å²) in [6.45, 7) is 0. The zero-order valence-electron chi connectivity index (χ0n) is 14.3. The van der Waals surface area contributed by atoms with Crippen LogP contribution in [0.1, 0.15) is 59.7 Å². The van der Waals surface area contributed by atoms with Crippen LogP contribution in [0.15, 0.2) is 23.0 Å². The van der Waals surface area contributed by atoms with Crippen molar-refractivity contribution in [3.63, 3.8) is 0 Å². The summed E-state index contributed by atoms with van der Waals surface area (Å²) >= 11 is 0. The van der Waals surface area contributed by atoms with Gasteiger partial charge in [0, 0.05) is 44.9 Å². The van der Waals surface area contributed by atoms with E-state index in [0.717, 1.165) is 24.4 Å². The number of carbonyl (C=O) groups excluding carboxylic acids is 2. The first-order valence-corrected chi connectivity index (χ1v) is 8.55. The fraction of sp³-hybridized carbons (Fsp3) is 0.529. The standard InChI is InChI=1S/C17H21N5O3/c1-21-8-7-18-16(21)15-11(5-6-14(23)22(15)2)19-17(24)13-9-12(20-25-13)10-3-4-10/h7-11,15H,3-6H2,1-2H3,(H,19,24)/t11-,15-/m1/s1. The van der Waals surface area contributed by atoms with Crippen molar-refractivity contribution >= 4 is 11.8 Å². The third-order valence-corrected chi connectivity index (χ3v) is 5.05. The summed E-state index contributed by atoms with van der Waals surface area (Å²) in [6, 6.07) is 1.18. The Morgan fingerprint density at radius 1 is 1.32 bits per heavy atom. The molecular weight excluding hydrogens is 322 g/mol. The van der Waals surface area contributed by atoms with Gasteiger partial charge < -0.3 is 19.3 Å². The molecule has 2 aliphatic rings. The molecule has 8 heteroatoms. The van der Waals surface area contributed by atoms with Gasteiger partial charge in [0.05, 0.1) is 11.7 Å². The molecule has 0 unspecified atom stereocenters. The molecular formula is C17H21N5O3. The van der Waals surface area contributed by atoms with E-state index in [1.165, 1.54) is 0 Å². The molecule has 1 saturated heterocycles. The molecule has 1 aliphatic heterocycles. The van der Waals surface area contributed by atoms with Crippen LogP contribution in [0.5, 0.6) is 0 Å². The van der Waals surface area contributed by atoms with Crippen LogP contribution in [0.4, 0.5) is 0 Å². The normalized spacial score (nSPS) is 23.8. The number of carbonyl (C=O) groups is 2. The second-order valence-corrected chi connectivity index (χ2v) is 6.85. The van der Waals surface area contributed by atoms with E-state index in [0.29, 0.717) is 18.8 Å². The van der Waals surface area contributed by atoms with Crippen LogP contribution in [0.25, 0.3) is 0 Å². The lowest BCUT2D eigenvalue weighted by Gasteiger charge is -2.38. The van der Waals surface area contributed by atoms with Crippen molar-refractivity contribution in [3.05, 3.63) is 35.7 Å². The van der Waals surface area contributed by atoms with E-state index in [4.69, 9.17) is 4.52 Å². The van der Waals surface area contributed by atoms with Crippen molar-refractivity contribution in [1.29, 1.82) is 0 Å². The summed E-state index contributed by atoms with van der Waals surface area (Å²) in [5.74, 6) is 1.15. The number of imidazole rings is 1. The number of aromatic nitrogens is 3. The molecule has 1 saturated carbocycles. The van der Waals surface area contributed by atoms with E-state index >= 15 is 0 Å². The molecule has 2 aromatic heterocycles. The van der Waals surface area contributed by atoms with Crippen LogP contribution in [0.3, 0.4) is 0 Å². The molecule has 0 bridgehead atoms. The second-order valence-electron chi connectivity index (χ2n) is 6.85. The highest BCUT2D eigenvalue weighted by molar-refractivity contribution is 5.92. The van der Waals surface area contributed by atoms with E-state index in [-0.39, 0.29) is 29.7 Å². The molecule has 1 aliphatic carbocycles. The monoisotopic (exact) mass is 343 g/mol. The first-order chi connectivity index (χ1) is 12.0. The minimum atomic E-state index is -0.309. The number of nitrogens with zero attached hydrogens (tertiary/aromatic N) is 4. The summed E-state index contributed by atoms with van der Waals surface area (Å²) in [6.07, 6.45) is 6.69. The van der Waals surface area contributed by atoms with Gasteiger partial charge in [-0.05, 0) is 19.3 Å². The minimum absolute atomic E-state index is 0.0502. The highest BCUT2D eigenvalue weighted by atomic mass is 16.5. The van der Waals surface area contributed by atoms with Crippen molar-refractivity contribution in [2.24, 2.45) is 7.05 Å². The molecule has 25 heavy (non-hydrogen) atoms. The lowest BCUT2D eigenvalue weighted by molar-refractivity contribution is -0.136. The number of hydrogen-bond acceptors (Lipinski definition) is 5. The van der Waals surface area contributed by atoms with E-state index in [9.17, 15) is 9.59 Å². The Labute approximate surface area is 145 Å². The summed E-state index contributed by atoms with van der Waals surface area (Å²) in [5.41, 5.74) is 0.849. The first-order valence-electron chi connectivity index (χ1n) is 8.55. The number of nitrogens with one attached hydrogen (secondary N) is 1. The molecule has 0 radical (unpaired) electrons. The molecule has 2 atom stereocenters. The number of likely N-dealkylation sites (N-methyl/N-ethyl adjacent to an activating group) is 1. The minimum Gasteiger partial charge on any atom is -0.351 e. The highest BCUT2D eigenvalue weighted by Gasteiger charge is 2.38. The van der Waals surface area contributed by atoms with Crippen LogP contribution in [-0.2, 0) is 11.8 Å². The second kappa shape index (κ2) is 6.02. The Morgan fingerprint density at radius 3 is 2.80 bits per heavy atom. The summed E-state index contributed by atoms with van der Waals surface area (Å²) in [4.78, 5) is 30.8. The number of amides is 2. The van der Waals surface area contributed by atoms with Crippen molar-refractivity contribution in [2.45, 2.75) is 43.7 Å². The SMILES string of the molecule is CN1C(=O)CC[C@@H](NC(=O)c2cc(C3CC3)no2)[C@@H]1c1nccn1C. The smallest absolute Gasteiger partial charge is 0.290 e. The van der Waals surface area contributed by atoms with Gasteiger partial charge in [-0.1, -0.05) is 5.16 Å². The summed E-state index contributed by atoms with van der Waals surface area (Å²) < 4.78 is 7.08. The average molecular weight is 343 g/mol. The van der Waals surface area contributed by atoms with E-state index in [2.05, 4.69) is 15.5 Å². The number of aryl methyl sites for hydroxylation is 1. The maximum absolute atomic E-state index is 12.6. The van der Waals surface area contributed by atoms with Crippen LogP contribution in [0.2, 0.25) is 0 Å². The van der Waals surface area contributed by atoms with Crippen molar-refractivity contribution in [3.8, 4) is 0 Å². The molecule has 0 aromatic carbocycles. The lowest BCUT2D eigenvalue weighted by atomic mass is 9.95. The van der Waals surface area contributed by atoms with Gasteiger partial charge in [-0.3, -0.25) is 9.59 Å². The van der Waals surface area contributed by atoms with E-state index < -0.39 is 0 Å². The summed E-state index contributed by atoms with van der Waals surface area (Å²) in [5, 5.41) is 6.99. The quantitative estimate of drug-likeness (QED) is 0.905. The first kappa shape index (κ1) is 15.9. The fourth-order valence-electron chi connectivity index (χ4n) is 3.41. The Hall–Kier alpha value is -2.64. The van der Waals surface area contributed by atoms with Gasteiger partial charge in [0.15, 0.2) is 0 Å². The molecule has 132 valence electrons. The molecule has 0 spiro atoms. The van der Waals surface area contributed by atoms with Gasteiger partial charge in [0.25, 0.3) is 5.91 Å². The Bertz CT molecular complexity index is 807. The molecule has 3 heterocycles. The number of hydrogen-bond donors (Lipinski definition) is 1. The lowest BCUT2D eigenvalue weighted by Crippen LogP contribution is -2.51. The Kier molecular flexibility index (Phi) is 3.82. The van der Waals surface area contributed by atoms with Gasteiger partial charge >= 0.3 is 0 Å². The largest absolute Gasteiger partial charge is 0.351 e. The predicted octanol–water partition coefficient (Wildman–Crippen LogP) is 1.38. The highest BCUT2D eigenvalue weighted by Crippen LogP contribution is 2.39. The van der Waals surface area contributed by atoms with Crippen LogP contribution in [-0.4, -0.2) is 44.5 Å². The zero-order chi connectivity index (χ0) is 17.6. The van der Waals surface area contributed by atoms with Crippen LogP contribution >= 0.6 is 0 Å². The average Bonchev–Trinajstić information content (AvgIpc) is 3.17. The third-order valence-electron chi connectivity index (χ3n) is 5.05. The van der Waals surface area contributed by atoms with Crippen molar-refractivity contribution in [2.75, 3.05) is 7.05 Å². The van der Waals surface area contributed by atoms with Gasteiger partial charge in [-0.2, -0.15) is 0 Å². The number of piperidine rings is 1. The molecule has 2 aromatic rings. The molecule has 2 fully saturated rings. The van der Waals surface area contributed by atoms with Crippen molar-refractivity contribution < 1.29 is 14.1 Å². The van der Waals surface area contributed by atoms with Crippen LogP contribution in [0, 0.1) is 0 Å². The van der Waals surface area contributed by atoms with Gasteiger partial charge in [0.2, 0.25) is 11.7 Å². The zero-order valence-corrected chi connectivity index (χ0v) is 14.3. The van der Waals surface area contributed by atoms with Crippen molar-refractivity contribution in [1.82, 2.24) is 24.9 Å². The Morgan fingerprint density at radius 2 is 2.12 bits per heavy atom. The number of likely N-dealkylation sites (tertiary alicyclic amines) is 1. The molecule has 1 N–H and O–H groups in total. The van der Waals surface area contributed by atoms with E-state index in [1.807, 2.05) is 17.8 Å². The third kappa shape index (κ3) is 2.92. The topological polar surface area (TPSA) is 93.3 Å². The van der Waals surface area contributed by atoms with Gasteiger partial charge in [0.1, 0.15) is 11.9 Å². The van der Waals surface area contributed by atoms with Gasteiger partial charge in [-0.15, -0.1) is 0 Å². The number of rotatable bonds is 4. The summed E-state index contributed by atoms with van der Waals surface area (Å²) in [7, 11) is 3.63. The molecule has 4 rings (SSSR count). The predicted molar refractivity (Wildman–Crippen MR) is 87.7 cm³/mol. The maximum atomic E-state index is 12.6. The fourth-order valence-corrected chi connectivity index (χ4v) is 3.41. The van der Waals surface area contributed by atoms with E-state index in [1.54, 1.807) is 24.2 Å². The van der Waals surface area contributed by atoms with Gasteiger partial charge in [-0.25, -0.2) is 4.98 Å². The Balaban J connectivity index is 1.55.